The Hall–Kier alpha value is -3.23. The first-order valence-corrected chi connectivity index (χ1v) is 10.2. The van der Waals surface area contributed by atoms with E-state index in [0.717, 1.165) is 24.7 Å². The first kappa shape index (κ1) is 20.1. The van der Waals surface area contributed by atoms with Crippen molar-refractivity contribution in [3.8, 4) is 0 Å². The van der Waals surface area contributed by atoms with Crippen molar-refractivity contribution in [3.05, 3.63) is 42.5 Å². The van der Waals surface area contributed by atoms with E-state index in [0.29, 0.717) is 25.3 Å². The van der Waals surface area contributed by atoms with Crippen LogP contribution in [0.3, 0.4) is 0 Å². The van der Waals surface area contributed by atoms with Crippen LogP contribution in [0.15, 0.2) is 36.7 Å². The Bertz CT molecular complexity index is 901. The van der Waals surface area contributed by atoms with Gasteiger partial charge in [-0.05, 0) is 37.1 Å². The largest absolute Gasteiger partial charge is 0.368 e. The number of benzene rings is 1. The lowest BCUT2D eigenvalue weighted by atomic mass is 10.1. The van der Waals surface area contributed by atoms with E-state index >= 15 is 0 Å². The number of aromatic nitrogens is 2. The molecule has 4 rings (SSSR count). The van der Waals surface area contributed by atoms with E-state index in [4.69, 9.17) is 0 Å². The standard InChI is InChI=1S/C21H25FN6O2/c22-16-3-5-17(6-4-16)28-13-15(11-20(28)29)21(30)24-8-7-23-18-12-19(26-14-25-18)27-9-1-2-10-27/h3-6,12,14-15H,1-2,7-11,13H2,(H,24,30)(H,23,25,26). The fourth-order valence-corrected chi connectivity index (χ4v) is 3.84. The summed E-state index contributed by atoms with van der Waals surface area (Å²) in [6, 6.07) is 7.64. The molecule has 3 heterocycles. The number of carbonyl (C=O) groups is 2. The van der Waals surface area contributed by atoms with Gasteiger partial charge in [-0.25, -0.2) is 14.4 Å². The lowest BCUT2D eigenvalue weighted by molar-refractivity contribution is -0.126. The van der Waals surface area contributed by atoms with Gasteiger partial charge in [-0.2, -0.15) is 0 Å². The van der Waals surface area contributed by atoms with E-state index in [1.165, 1.54) is 29.9 Å². The SMILES string of the molecule is O=C(NCCNc1cc(N2CCCC2)ncn1)C1CC(=O)N(c2ccc(F)cc2)C1. The average molecular weight is 412 g/mol. The van der Waals surface area contributed by atoms with Gasteiger partial charge in [-0.15, -0.1) is 0 Å². The molecule has 2 aliphatic heterocycles. The molecule has 0 saturated carbocycles. The van der Waals surface area contributed by atoms with Gasteiger partial charge < -0.3 is 20.4 Å². The second kappa shape index (κ2) is 9.06. The summed E-state index contributed by atoms with van der Waals surface area (Å²) in [6.45, 7) is 3.27. The topological polar surface area (TPSA) is 90.5 Å². The Morgan fingerprint density at radius 2 is 1.90 bits per heavy atom. The molecule has 0 radical (unpaired) electrons. The van der Waals surface area contributed by atoms with E-state index in [9.17, 15) is 14.0 Å². The number of amides is 2. The van der Waals surface area contributed by atoms with Crippen LogP contribution in [0.4, 0.5) is 21.7 Å². The van der Waals surface area contributed by atoms with Gasteiger partial charge in [-0.1, -0.05) is 0 Å². The van der Waals surface area contributed by atoms with Crippen LogP contribution in [-0.4, -0.2) is 54.5 Å². The summed E-state index contributed by atoms with van der Waals surface area (Å²) >= 11 is 0. The molecule has 2 aromatic rings. The van der Waals surface area contributed by atoms with Gasteiger partial charge >= 0.3 is 0 Å². The second-order valence-corrected chi connectivity index (χ2v) is 7.56. The number of carbonyl (C=O) groups excluding carboxylic acids is 2. The predicted octanol–water partition coefficient (Wildman–Crippen LogP) is 1.80. The van der Waals surface area contributed by atoms with Crippen molar-refractivity contribution in [1.82, 2.24) is 15.3 Å². The van der Waals surface area contributed by atoms with Crippen molar-refractivity contribution < 1.29 is 14.0 Å². The van der Waals surface area contributed by atoms with Crippen LogP contribution in [-0.2, 0) is 9.59 Å². The van der Waals surface area contributed by atoms with Crippen molar-refractivity contribution in [1.29, 1.82) is 0 Å². The third kappa shape index (κ3) is 4.67. The number of hydrogen-bond donors (Lipinski definition) is 2. The molecule has 2 amide bonds. The van der Waals surface area contributed by atoms with Gasteiger partial charge in [0.15, 0.2) is 0 Å². The molecule has 8 nitrogen and oxygen atoms in total. The molecule has 1 aromatic heterocycles. The maximum atomic E-state index is 13.1. The van der Waals surface area contributed by atoms with Gasteiger partial charge in [-0.3, -0.25) is 9.59 Å². The highest BCUT2D eigenvalue weighted by molar-refractivity contribution is 6.00. The number of anilines is 3. The van der Waals surface area contributed by atoms with Crippen LogP contribution in [0.5, 0.6) is 0 Å². The number of nitrogens with one attached hydrogen (secondary N) is 2. The monoisotopic (exact) mass is 412 g/mol. The van der Waals surface area contributed by atoms with Gasteiger partial charge in [0.1, 0.15) is 23.8 Å². The quantitative estimate of drug-likeness (QED) is 0.674. The molecule has 0 aliphatic carbocycles. The number of nitrogens with zero attached hydrogens (tertiary/aromatic N) is 4. The maximum absolute atomic E-state index is 13.1. The first-order valence-electron chi connectivity index (χ1n) is 10.2. The summed E-state index contributed by atoms with van der Waals surface area (Å²) in [7, 11) is 0. The van der Waals surface area contributed by atoms with Crippen LogP contribution in [0.2, 0.25) is 0 Å². The van der Waals surface area contributed by atoms with E-state index in [1.807, 2.05) is 6.07 Å². The van der Waals surface area contributed by atoms with Crippen LogP contribution < -0.4 is 20.4 Å². The van der Waals surface area contributed by atoms with E-state index in [2.05, 4.69) is 25.5 Å². The summed E-state index contributed by atoms with van der Waals surface area (Å²) in [5.41, 5.74) is 0.607. The zero-order valence-corrected chi connectivity index (χ0v) is 16.7. The highest BCUT2D eigenvalue weighted by Gasteiger charge is 2.34. The third-order valence-electron chi connectivity index (χ3n) is 5.45. The molecule has 30 heavy (non-hydrogen) atoms. The van der Waals surface area contributed by atoms with Crippen molar-refractivity contribution in [2.75, 3.05) is 47.8 Å². The molecule has 1 unspecified atom stereocenters. The van der Waals surface area contributed by atoms with Crippen LogP contribution in [0.1, 0.15) is 19.3 Å². The molecule has 0 bridgehead atoms. The molecule has 2 N–H and O–H groups in total. The summed E-state index contributed by atoms with van der Waals surface area (Å²) in [5, 5.41) is 6.07. The average Bonchev–Trinajstić information content (AvgIpc) is 3.42. The summed E-state index contributed by atoms with van der Waals surface area (Å²) in [4.78, 5) is 37.0. The molecular formula is C21H25FN6O2. The summed E-state index contributed by atoms with van der Waals surface area (Å²) in [5.74, 6) is 0.580. The Labute approximate surface area is 174 Å². The van der Waals surface area contributed by atoms with Crippen molar-refractivity contribution in [2.45, 2.75) is 19.3 Å². The van der Waals surface area contributed by atoms with E-state index < -0.39 is 5.92 Å². The molecule has 1 atom stereocenters. The molecule has 2 saturated heterocycles. The second-order valence-electron chi connectivity index (χ2n) is 7.56. The zero-order valence-electron chi connectivity index (χ0n) is 16.7. The highest BCUT2D eigenvalue weighted by Crippen LogP contribution is 2.25. The molecule has 158 valence electrons. The fraction of sp³-hybridized carbons (Fsp3) is 0.429. The normalized spacial score (nSPS) is 18.7. The molecule has 2 aliphatic rings. The Kier molecular flexibility index (Phi) is 6.06. The van der Waals surface area contributed by atoms with Crippen molar-refractivity contribution in [3.63, 3.8) is 0 Å². The van der Waals surface area contributed by atoms with Crippen LogP contribution in [0, 0.1) is 11.7 Å². The Morgan fingerprint density at radius 3 is 2.67 bits per heavy atom. The molecule has 1 aromatic carbocycles. The smallest absolute Gasteiger partial charge is 0.227 e. The summed E-state index contributed by atoms with van der Waals surface area (Å²) < 4.78 is 13.1. The van der Waals surface area contributed by atoms with Crippen molar-refractivity contribution in [2.24, 2.45) is 5.92 Å². The Morgan fingerprint density at radius 1 is 1.13 bits per heavy atom. The number of rotatable bonds is 7. The minimum Gasteiger partial charge on any atom is -0.368 e. The van der Waals surface area contributed by atoms with Gasteiger partial charge in [0.05, 0.1) is 5.92 Å². The minimum absolute atomic E-state index is 0.129. The minimum atomic E-state index is -0.414. The zero-order chi connectivity index (χ0) is 20.9. The van der Waals surface area contributed by atoms with E-state index in [1.54, 1.807) is 18.5 Å². The van der Waals surface area contributed by atoms with Gasteiger partial charge in [0.25, 0.3) is 0 Å². The fourth-order valence-electron chi connectivity index (χ4n) is 3.84. The Balaban J connectivity index is 1.23. The maximum Gasteiger partial charge on any atom is 0.227 e. The molecule has 0 spiro atoms. The highest BCUT2D eigenvalue weighted by atomic mass is 19.1. The van der Waals surface area contributed by atoms with E-state index in [-0.39, 0.29) is 24.1 Å². The molecular weight excluding hydrogens is 387 g/mol. The molecule has 9 heteroatoms. The van der Waals surface area contributed by atoms with Crippen molar-refractivity contribution >= 4 is 29.1 Å². The lowest BCUT2D eigenvalue weighted by Gasteiger charge is -2.17. The summed E-state index contributed by atoms with van der Waals surface area (Å²) in [6.07, 6.45) is 4.06. The van der Waals surface area contributed by atoms with Crippen LogP contribution in [0.25, 0.3) is 0 Å². The van der Waals surface area contributed by atoms with Gasteiger partial charge in [0, 0.05) is 50.9 Å². The van der Waals surface area contributed by atoms with Crippen LogP contribution >= 0.6 is 0 Å². The predicted molar refractivity (Wildman–Crippen MR) is 112 cm³/mol. The third-order valence-corrected chi connectivity index (χ3v) is 5.45. The van der Waals surface area contributed by atoms with Gasteiger partial charge in [0.2, 0.25) is 11.8 Å². The number of halogens is 1. The lowest BCUT2D eigenvalue weighted by Crippen LogP contribution is -2.35. The number of hydrogen-bond acceptors (Lipinski definition) is 6. The first-order chi connectivity index (χ1) is 14.6. The molecule has 2 fully saturated rings.